The van der Waals surface area contributed by atoms with Crippen LogP contribution in [-0.2, 0) is 16.0 Å². The first kappa shape index (κ1) is 31.8. The molecule has 1 fully saturated rings. The van der Waals surface area contributed by atoms with Gasteiger partial charge in [0.25, 0.3) is 5.91 Å². The molecule has 0 aliphatic heterocycles. The van der Waals surface area contributed by atoms with Crippen molar-refractivity contribution in [2.75, 3.05) is 10.6 Å². The molecule has 1 aliphatic carbocycles. The van der Waals surface area contributed by atoms with Crippen molar-refractivity contribution in [2.24, 2.45) is 0 Å². The third kappa shape index (κ3) is 8.95. The van der Waals surface area contributed by atoms with Crippen LogP contribution in [-0.4, -0.2) is 40.9 Å². The van der Waals surface area contributed by atoms with E-state index in [0.29, 0.717) is 22.7 Å². The Morgan fingerprint density at radius 2 is 1.41 bits per heavy atom. The molecule has 0 unspecified atom stereocenters. The van der Waals surface area contributed by atoms with E-state index in [-0.39, 0.29) is 47.5 Å². The van der Waals surface area contributed by atoms with Gasteiger partial charge in [-0.3, -0.25) is 14.4 Å². The average molecular weight is 622 g/mol. The molecule has 0 aromatic heterocycles. The Labute approximate surface area is 266 Å². The number of rotatable bonds is 11. The highest BCUT2D eigenvalue weighted by Gasteiger charge is 2.24. The van der Waals surface area contributed by atoms with Crippen molar-refractivity contribution in [3.05, 3.63) is 114 Å². The Morgan fingerprint density at radius 3 is 2.09 bits per heavy atom. The maximum atomic E-state index is 12.7. The van der Waals surface area contributed by atoms with Gasteiger partial charge in [-0.05, 0) is 98.0 Å². The molecule has 10 heteroatoms. The van der Waals surface area contributed by atoms with Crippen LogP contribution in [0, 0.1) is 0 Å². The third-order valence-corrected chi connectivity index (χ3v) is 7.54. The molecule has 1 saturated carbocycles. The van der Waals surface area contributed by atoms with E-state index in [9.17, 15) is 24.3 Å². The van der Waals surface area contributed by atoms with Crippen LogP contribution in [0.25, 0.3) is 0 Å². The van der Waals surface area contributed by atoms with Crippen molar-refractivity contribution < 1.29 is 33.8 Å². The summed E-state index contributed by atoms with van der Waals surface area (Å²) >= 11 is 0. The molecular weight excluding hydrogens is 586 g/mol. The molecule has 0 saturated heterocycles. The fourth-order valence-corrected chi connectivity index (χ4v) is 5.28. The molecule has 4 N–H and O–H groups in total. The molecule has 1 aliphatic rings. The lowest BCUT2D eigenvalue weighted by atomic mass is 9.92. The number of amides is 3. The highest BCUT2D eigenvalue weighted by molar-refractivity contribution is 6.01. The van der Waals surface area contributed by atoms with Gasteiger partial charge in [-0.15, -0.1) is 0 Å². The van der Waals surface area contributed by atoms with Gasteiger partial charge in [-0.25, -0.2) is 4.79 Å². The summed E-state index contributed by atoms with van der Waals surface area (Å²) in [6.45, 7) is 1.43. The first-order valence-corrected chi connectivity index (χ1v) is 15.1. The number of para-hydroxylation sites is 1. The normalized spacial score (nSPS) is 15.7. The number of carbonyl (C=O) groups is 4. The minimum atomic E-state index is -1.10. The number of anilines is 2. The van der Waals surface area contributed by atoms with E-state index in [1.165, 1.54) is 13.0 Å². The first-order valence-electron chi connectivity index (χ1n) is 15.1. The second kappa shape index (κ2) is 14.9. The minimum absolute atomic E-state index is 0.0358. The third-order valence-electron chi connectivity index (χ3n) is 7.54. The van der Waals surface area contributed by atoms with E-state index < -0.39 is 5.97 Å². The van der Waals surface area contributed by atoms with Crippen molar-refractivity contribution in [3.63, 3.8) is 0 Å². The van der Waals surface area contributed by atoms with Crippen molar-refractivity contribution >= 4 is 35.1 Å². The Kier molecular flexibility index (Phi) is 10.3. The van der Waals surface area contributed by atoms with Gasteiger partial charge >= 0.3 is 5.97 Å². The maximum Gasteiger partial charge on any atom is 0.337 e. The fraction of sp³-hybridized carbons (Fsp3) is 0.222. The lowest BCUT2D eigenvalue weighted by Gasteiger charge is -2.29. The zero-order valence-electron chi connectivity index (χ0n) is 25.3. The summed E-state index contributed by atoms with van der Waals surface area (Å²) < 4.78 is 12.1. The zero-order valence-corrected chi connectivity index (χ0v) is 25.3. The monoisotopic (exact) mass is 621 g/mol. The summed E-state index contributed by atoms with van der Waals surface area (Å²) in [6, 6.07) is 27.7. The van der Waals surface area contributed by atoms with E-state index >= 15 is 0 Å². The first-order chi connectivity index (χ1) is 22.2. The van der Waals surface area contributed by atoms with Crippen LogP contribution in [0.2, 0.25) is 0 Å². The summed E-state index contributed by atoms with van der Waals surface area (Å²) in [5, 5.41) is 17.8. The SMILES string of the molecule is CC(=O)Nc1cccc(C(=O)NC2CCC(Oc3ccc(Oc4ccc(CC(=O)Nc5ccccc5C(=O)O)cc4)cc3)CC2)c1. The quantitative estimate of drug-likeness (QED) is 0.151. The van der Waals surface area contributed by atoms with Crippen LogP contribution in [0.15, 0.2) is 97.1 Å². The molecule has 236 valence electrons. The van der Waals surface area contributed by atoms with Crippen LogP contribution in [0.5, 0.6) is 17.2 Å². The maximum absolute atomic E-state index is 12.7. The molecule has 46 heavy (non-hydrogen) atoms. The van der Waals surface area contributed by atoms with Gasteiger partial charge < -0.3 is 30.5 Å². The van der Waals surface area contributed by atoms with Crippen LogP contribution < -0.4 is 25.4 Å². The minimum Gasteiger partial charge on any atom is -0.490 e. The van der Waals surface area contributed by atoms with Gasteiger partial charge in [0.05, 0.1) is 23.8 Å². The second-order valence-electron chi connectivity index (χ2n) is 11.1. The van der Waals surface area contributed by atoms with Gasteiger partial charge in [0.2, 0.25) is 11.8 Å². The highest BCUT2D eigenvalue weighted by atomic mass is 16.5. The Balaban J connectivity index is 1.05. The number of ether oxygens (including phenoxy) is 2. The smallest absolute Gasteiger partial charge is 0.337 e. The molecular formula is C36H35N3O7. The Morgan fingerprint density at radius 1 is 0.761 bits per heavy atom. The molecule has 10 nitrogen and oxygen atoms in total. The van der Waals surface area contributed by atoms with Crippen molar-refractivity contribution in [1.82, 2.24) is 5.32 Å². The molecule has 0 radical (unpaired) electrons. The molecule has 0 spiro atoms. The van der Waals surface area contributed by atoms with Gasteiger partial charge in [-0.2, -0.15) is 0 Å². The van der Waals surface area contributed by atoms with E-state index in [1.807, 2.05) is 24.3 Å². The summed E-state index contributed by atoms with van der Waals surface area (Å²) in [7, 11) is 0. The highest BCUT2D eigenvalue weighted by Crippen LogP contribution is 2.28. The summed E-state index contributed by atoms with van der Waals surface area (Å²) in [6.07, 6.45) is 3.36. The molecule has 0 atom stereocenters. The number of hydrogen-bond acceptors (Lipinski definition) is 6. The molecule has 0 heterocycles. The van der Waals surface area contributed by atoms with E-state index in [2.05, 4.69) is 16.0 Å². The number of nitrogens with one attached hydrogen (secondary N) is 3. The summed E-state index contributed by atoms with van der Waals surface area (Å²) in [5.41, 5.74) is 2.15. The van der Waals surface area contributed by atoms with Gasteiger partial charge in [-0.1, -0.05) is 30.3 Å². The number of hydrogen-bond donors (Lipinski definition) is 4. The van der Waals surface area contributed by atoms with Crippen molar-refractivity contribution in [2.45, 2.75) is 51.2 Å². The number of aromatic carboxylic acids is 1. The van der Waals surface area contributed by atoms with Gasteiger partial charge in [0.15, 0.2) is 0 Å². The van der Waals surface area contributed by atoms with Gasteiger partial charge in [0.1, 0.15) is 17.2 Å². The predicted octanol–water partition coefficient (Wildman–Crippen LogP) is 6.44. The van der Waals surface area contributed by atoms with Crippen molar-refractivity contribution in [1.29, 1.82) is 0 Å². The predicted molar refractivity (Wildman–Crippen MR) is 174 cm³/mol. The van der Waals surface area contributed by atoms with Crippen LogP contribution in [0.1, 0.15) is 58.9 Å². The van der Waals surface area contributed by atoms with Crippen LogP contribution in [0.3, 0.4) is 0 Å². The Hall–Kier alpha value is -5.64. The molecule has 4 aromatic carbocycles. The van der Waals surface area contributed by atoms with E-state index in [1.54, 1.807) is 66.7 Å². The number of carboxylic acids is 1. The fourth-order valence-electron chi connectivity index (χ4n) is 5.28. The number of carbonyl (C=O) groups excluding carboxylic acids is 3. The Bertz CT molecular complexity index is 1700. The second-order valence-corrected chi connectivity index (χ2v) is 11.1. The standard InChI is InChI=1S/C36H35N3O7/c1-23(40)37-27-6-4-5-25(22-27)35(42)38-26-11-15-29(16-12-26)46-31-19-17-30(18-20-31)45-28-13-9-24(10-14-28)21-34(41)39-33-8-3-2-7-32(33)36(43)44/h2-10,13-14,17-20,22,26,29H,11-12,15-16,21H2,1H3,(H,37,40)(H,38,42)(H,39,41)(H,43,44). The molecule has 4 aromatic rings. The molecule has 3 amide bonds. The summed E-state index contributed by atoms with van der Waals surface area (Å²) in [4.78, 5) is 47.9. The van der Waals surface area contributed by atoms with Crippen LogP contribution >= 0.6 is 0 Å². The molecule has 5 rings (SSSR count). The average Bonchev–Trinajstić information content (AvgIpc) is 3.04. The summed E-state index contributed by atoms with van der Waals surface area (Å²) in [5.74, 6) is 0.211. The van der Waals surface area contributed by atoms with Crippen LogP contribution in [0.4, 0.5) is 11.4 Å². The topological polar surface area (TPSA) is 143 Å². The largest absolute Gasteiger partial charge is 0.490 e. The molecule has 0 bridgehead atoms. The lowest BCUT2D eigenvalue weighted by Crippen LogP contribution is -2.39. The van der Waals surface area contributed by atoms with Gasteiger partial charge in [0, 0.05) is 24.2 Å². The van der Waals surface area contributed by atoms with Crippen molar-refractivity contribution in [3.8, 4) is 17.2 Å². The number of benzene rings is 4. The van der Waals surface area contributed by atoms with E-state index in [4.69, 9.17) is 9.47 Å². The number of carboxylic acid groups (broad SMARTS) is 1. The lowest BCUT2D eigenvalue weighted by molar-refractivity contribution is -0.116. The zero-order chi connectivity index (χ0) is 32.5. The van der Waals surface area contributed by atoms with E-state index in [0.717, 1.165) is 37.0 Å².